The third kappa shape index (κ3) is 4.06. The summed E-state index contributed by atoms with van der Waals surface area (Å²) < 4.78 is 0. The van der Waals surface area contributed by atoms with Crippen LogP contribution in [0.1, 0.15) is 24.0 Å². The molecular weight excluding hydrogens is 375 g/mol. The normalized spacial score (nSPS) is 14.6. The summed E-state index contributed by atoms with van der Waals surface area (Å²) in [4.78, 5) is 31.0. The lowest BCUT2D eigenvalue weighted by molar-refractivity contribution is -0.143. The molecule has 2 aromatic rings. The molecule has 1 aliphatic heterocycles. The molecule has 0 spiro atoms. The fourth-order valence-corrected chi connectivity index (χ4v) is 3.02. The van der Waals surface area contributed by atoms with E-state index in [1.165, 1.54) is 0 Å². The van der Waals surface area contributed by atoms with E-state index in [0.717, 1.165) is 5.56 Å². The lowest BCUT2D eigenvalue weighted by Crippen LogP contribution is -2.29. The van der Waals surface area contributed by atoms with Gasteiger partial charge in [0.05, 0.1) is 12.2 Å². The second-order valence-corrected chi connectivity index (χ2v) is 6.55. The highest BCUT2D eigenvalue weighted by Crippen LogP contribution is 2.31. The number of hydrogen-bond donors (Lipinski definition) is 0. The molecule has 1 amide bonds. The molecule has 1 aliphatic rings. The third-order valence-corrected chi connectivity index (χ3v) is 4.38. The van der Waals surface area contributed by atoms with Crippen molar-refractivity contribution < 1.29 is 14.4 Å². The minimum atomic E-state index is -0.517. The Morgan fingerprint density at radius 3 is 2.73 bits per heavy atom. The van der Waals surface area contributed by atoms with Gasteiger partial charge in [-0.05, 0) is 30.2 Å². The van der Waals surface area contributed by atoms with Crippen LogP contribution in [0, 0.1) is 0 Å². The smallest absolute Gasteiger partial charge is 0.317 e. The second kappa shape index (κ2) is 8.34. The van der Waals surface area contributed by atoms with E-state index in [9.17, 15) is 9.59 Å². The summed E-state index contributed by atoms with van der Waals surface area (Å²) in [7, 11) is 0. The van der Waals surface area contributed by atoms with Crippen molar-refractivity contribution in [1.82, 2.24) is 0 Å². The number of alkyl halides is 1. The van der Waals surface area contributed by atoms with Crippen LogP contribution in [0.4, 0.5) is 5.69 Å². The maximum atomic E-state index is 12.8. The van der Waals surface area contributed by atoms with Gasteiger partial charge >= 0.3 is 5.97 Å². The van der Waals surface area contributed by atoms with Crippen LogP contribution in [0.2, 0.25) is 5.02 Å². The lowest BCUT2D eigenvalue weighted by atomic mass is 10.1. The van der Waals surface area contributed by atoms with Gasteiger partial charge in [0.15, 0.2) is 5.71 Å². The van der Waals surface area contributed by atoms with Gasteiger partial charge in [0.1, 0.15) is 0 Å². The molecule has 1 heterocycles. The number of amides is 1. The summed E-state index contributed by atoms with van der Waals surface area (Å²) in [6.45, 7) is 0.343. The largest absolute Gasteiger partial charge is 0.335 e. The van der Waals surface area contributed by atoms with E-state index in [1.807, 2.05) is 24.3 Å². The fourth-order valence-electron chi connectivity index (χ4n) is 2.68. The summed E-state index contributed by atoms with van der Waals surface area (Å²) in [5, 5.41) is 4.42. The average molecular weight is 391 g/mol. The average Bonchev–Trinajstić information content (AvgIpc) is 2.90. The molecule has 0 aromatic heterocycles. The van der Waals surface area contributed by atoms with Crippen LogP contribution in [0.5, 0.6) is 0 Å². The van der Waals surface area contributed by atoms with Crippen LogP contribution < -0.4 is 4.90 Å². The molecule has 0 saturated carbocycles. The second-order valence-electron chi connectivity index (χ2n) is 5.73. The number of benzene rings is 2. The van der Waals surface area contributed by atoms with Crippen LogP contribution >= 0.6 is 23.2 Å². The maximum Gasteiger partial charge on any atom is 0.335 e. The van der Waals surface area contributed by atoms with Crippen molar-refractivity contribution >= 4 is 46.5 Å². The zero-order valence-electron chi connectivity index (χ0n) is 13.8. The van der Waals surface area contributed by atoms with Crippen molar-refractivity contribution in [2.75, 3.05) is 10.8 Å². The molecule has 0 N–H and O–H groups in total. The minimum absolute atomic E-state index is 0.113. The number of fused-ring (bicyclic) bond motifs is 1. The fraction of sp³-hybridized carbons (Fsp3) is 0.211. The first-order valence-corrected chi connectivity index (χ1v) is 9.01. The molecule has 0 aliphatic carbocycles. The first-order chi connectivity index (χ1) is 12.6. The number of carbonyl (C=O) groups is 2. The Morgan fingerprint density at radius 2 is 1.96 bits per heavy atom. The molecule has 0 atom stereocenters. The number of oxime groups is 1. The van der Waals surface area contributed by atoms with Crippen LogP contribution in [0.25, 0.3) is 0 Å². The molecule has 0 radical (unpaired) electrons. The Hall–Kier alpha value is -2.37. The van der Waals surface area contributed by atoms with Gasteiger partial charge in [0.2, 0.25) is 0 Å². The zero-order chi connectivity index (χ0) is 18.5. The number of carbonyl (C=O) groups excluding carboxylic acids is 2. The number of anilines is 1. The molecule has 5 nitrogen and oxygen atoms in total. The molecule has 26 heavy (non-hydrogen) atoms. The van der Waals surface area contributed by atoms with Gasteiger partial charge in [-0.25, -0.2) is 4.79 Å². The van der Waals surface area contributed by atoms with Gasteiger partial charge in [-0.2, -0.15) is 0 Å². The third-order valence-electron chi connectivity index (χ3n) is 3.88. The van der Waals surface area contributed by atoms with Gasteiger partial charge in [-0.15, -0.1) is 11.6 Å². The number of rotatable bonds is 6. The molecule has 134 valence electrons. The van der Waals surface area contributed by atoms with Gasteiger partial charge < -0.3 is 9.74 Å². The first-order valence-electron chi connectivity index (χ1n) is 8.09. The Bertz CT molecular complexity index is 867. The summed E-state index contributed by atoms with van der Waals surface area (Å²) in [5.74, 6) is -0.478. The predicted molar refractivity (Wildman–Crippen MR) is 102 cm³/mol. The van der Waals surface area contributed by atoms with Crippen molar-refractivity contribution in [2.45, 2.75) is 19.4 Å². The van der Waals surface area contributed by atoms with E-state index < -0.39 is 5.97 Å². The highest BCUT2D eigenvalue weighted by Gasteiger charge is 2.34. The predicted octanol–water partition coefficient (Wildman–Crippen LogP) is 4.15. The topological polar surface area (TPSA) is 59.0 Å². The molecule has 0 saturated heterocycles. The van der Waals surface area contributed by atoms with Crippen molar-refractivity contribution in [1.29, 1.82) is 0 Å². The quantitative estimate of drug-likeness (QED) is 0.422. The number of hydrogen-bond acceptors (Lipinski definition) is 4. The van der Waals surface area contributed by atoms with E-state index in [2.05, 4.69) is 5.16 Å². The molecule has 0 unspecified atom stereocenters. The SMILES string of the molecule is O=C(CCCCl)O/N=C1\C(=O)N(Cc2cccc(Cl)c2)c2ccccc21. The Morgan fingerprint density at radius 1 is 1.15 bits per heavy atom. The van der Waals surface area contributed by atoms with E-state index in [0.29, 0.717) is 35.1 Å². The van der Waals surface area contributed by atoms with Crippen molar-refractivity contribution in [2.24, 2.45) is 5.16 Å². The van der Waals surface area contributed by atoms with Crippen molar-refractivity contribution in [3.8, 4) is 0 Å². The summed E-state index contributed by atoms with van der Waals surface area (Å²) in [6, 6.07) is 14.6. The van der Waals surface area contributed by atoms with Crippen molar-refractivity contribution in [3.05, 3.63) is 64.7 Å². The van der Waals surface area contributed by atoms with Gasteiger partial charge in [0, 0.05) is 22.9 Å². The van der Waals surface area contributed by atoms with Crippen molar-refractivity contribution in [3.63, 3.8) is 0 Å². The van der Waals surface area contributed by atoms with E-state index in [-0.39, 0.29) is 18.0 Å². The summed E-state index contributed by atoms with van der Waals surface area (Å²) in [5.41, 5.74) is 2.35. The Balaban J connectivity index is 1.85. The molecule has 3 rings (SSSR count). The highest BCUT2D eigenvalue weighted by molar-refractivity contribution is 6.54. The highest BCUT2D eigenvalue weighted by atomic mass is 35.5. The monoisotopic (exact) mass is 390 g/mol. The number of para-hydroxylation sites is 1. The van der Waals surface area contributed by atoms with Gasteiger partial charge in [-0.3, -0.25) is 4.79 Å². The molecule has 0 fully saturated rings. The number of halogens is 2. The zero-order valence-corrected chi connectivity index (χ0v) is 15.3. The molecular formula is C19H16Cl2N2O3. The molecule has 7 heteroatoms. The Labute approximate surface area is 161 Å². The van der Waals surface area contributed by atoms with Gasteiger partial charge in [-0.1, -0.05) is 47.1 Å². The molecule has 0 bridgehead atoms. The standard InChI is InChI=1S/C19H16Cl2N2O3/c20-10-4-9-17(24)26-22-18-15-7-1-2-8-16(15)23(19(18)25)12-13-5-3-6-14(21)11-13/h1-3,5-8,11H,4,9-10,12H2/b22-18-. The minimum Gasteiger partial charge on any atom is -0.317 e. The van der Waals surface area contributed by atoms with Crippen LogP contribution in [0.3, 0.4) is 0 Å². The van der Waals surface area contributed by atoms with Crippen LogP contribution in [0.15, 0.2) is 53.7 Å². The summed E-state index contributed by atoms with van der Waals surface area (Å²) >= 11 is 11.6. The number of nitrogens with zero attached hydrogens (tertiary/aromatic N) is 2. The van der Waals surface area contributed by atoms with E-state index in [4.69, 9.17) is 28.0 Å². The van der Waals surface area contributed by atoms with Crippen LogP contribution in [-0.2, 0) is 21.0 Å². The molecule has 2 aromatic carbocycles. The van der Waals surface area contributed by atoms with Gasteiger partial charge in [0.25, 0.3) is 5.91 Å². The first kappa shape index (κ1) is 18.4. The summed E-state index contributed by atoms with van der Waals surface area (Å²) in [6.07, 6.45) is 0.652. The Kier molecular flexibility index (Phi) is 5.91. The lowest BCUT2D eigenvalue weighted by Gasteiger charge is -2.16. The van der Waals surface area contributed by atoms with E-state index >= 15 is 0 Å². The van der Waals surface area contributed by atoms with Crippen LogP contribution in [-0.4, -0.2) is 23.5 Å². The van der Waals surface area contributed by atoms with E-state index in [1.54, 1.807) is 29.2 Å². The maximum absolute atomic E-state index is 12.8.